The average molecular weight is 270 g/mol. The first-order chi connectivity index (χ1) is 8.16. The number of carbonyl (C=O) groups excluding carboxylic acids is 2. The van der Waals surface area contributed by atoms with E-state index < -0.39 is 18.0 Å². The van der Waals surface area contributed by atoms with Crippen molar-refractivity contribution in [1.29, 1.82) is 0 Å². The van der Waals surface area contributed by atoms with Gasteiger partial charge < -0.3 is 15.0 Å². The van der Waals surface area contributed by atoms with Crippen LogP contribution in [0.25, 0.3) is 0 Å². The van der Waals surface area contributed by atoms with E-state index in [4.69, 9.17) is 0 Å². The van der Waals surface area contributed by atoms with Crippen molar-refractivity contribution in [3.05, 3.63) is 10.6 Å². The molecule has 1 amide bonds. The summed E-state index contributed by atoms with van der Waals surface area (Å²) in [6.07, 6.45) is -0.770. The number of aliphatic hydroxyl groups excluding tert-OH is 1. The van der Waals surface area contributed by atoms with Crippen LogP contribution in [0.5, 0.6) is 0 Å². The number of allylic oxidation sites excluding steroid dienone is 1. The molecule has 3 atom stereocenters. The van der Waals surface area contributed by atoms with Crippen molar-refractivity contribution >= 4 is 23.6 Å². The predicted molar refractivity (Wildman–Crippen MR) is 64.9 cm³/mol. The fourth-order valence-electron chi connectivity index (χ4n) is 2.30. The van der Waals surface area contributed by atoms with E-state index in [1.54, 1.807) is 6.92 Å². The van der Waals surface area contributed by atoms with Gasteiger partial charge in [-0.25, -0.2) is 0 Å². The van der Waals surface area contributed by atoms with Crippen LogP contribution in [-0.4, -0.2) is 33.4 Å². The highest BCUT2D eigenvalue weighted by molar-refractivity contribution is 8.04. The minimum absolute atomic E-state index is 0.0283. The highest BCUT2D eigenvalue weighted by atomic mass is 32.2. The van der Waals surface area contributed by atoms with Gasteiger partial charge in [0.1, 0.15) is 5.37 Å². The summed E-state index contributed by atoms with van der Waals surface area (Å²) in [5.74, 6) is -2.18. The number of aliphatic carboxylic acids is 1. The first kappa shape index (κ1) is 13.4. The van der Waals surface area contributed by atoms with E-state index in [0.29, 0.717) is 4.91 Å². The molecule has 0 aliphatic carbocycles. The van der Waals surface area contributed by atoms with Crippen molar-refractivity contribution in [3.63, 3.8) is 0 Å². The third-order valence-corrected chi connectivity index (χ3v) is 4.96. The molecule has 0 saturated carbocycles. The Morgan fingerprint density at radius 2 is 2.06 bits per heavy atom. The fourth-order valence-corrected chi connectivity index (χ4v) is 4.00. The first-order valence-corrected chi connectivity index (χ1v) is 6.68. The number of thioether (sulfide) groups is 1. The van der Waals surface area contributed by atoms with Gasteiger partial charge in [-0.15, -0.1) is 11.8 Å². The largest absolute Gasteiger partial charge is 0.543 e. The maximum atomic E-state index is 11.9. The molecule has 0 spiro atoms. The van der Waals surface area contributed by atoms with Gasteiger partial charge in [0.25, 0.3) is 0 Å². The van der Waals surface area contributed by atoms with E-state index in [0.717, 1.165) is 0 Å². The molecule has 0 aromatic rings. The lowest BCUT2D eigenvalue weighted by Crippen LogP contribution is -2.61. The van der Waals surface area contributed by atoms with E-state index in [1.165, 1.54) is 16.7 Å². The van der Waals surface area contributed by atoms with Crippen LogP contribution in [0, 0.1) is 11.3 Å². The molecule has 18 heavy (non-hydrogen) atoms. The summed E-state index contributed by atoms with van der Waals surface area (Å²) in [5, 5.41) is 20.5. The van der Waals surface area contributed by atoms with Crippen LogP contribution in [0.4, 0.5) is 0 Å². The Morgan fingerprint density at radius 3 is 2.44 bits per heavy atom. The molecule has 0 aromatic carbocycles. The number of fused-ring (bicyclic) bond motifs is 1. The molecule has 1 saturated heterocycles. The molecule has 6 heteroatoms. The van der Waals surface area contributed by atoms with Crippen LogP contribution in [0.1, 0.15) is 27.7 Å². The van der Waals surface area contributed by atoms with Crippen LogP contribution >= 0.6 is 11.8 Å². The van der Waals surface area contributed by atoms with Crippen LogP contribution in [-0.2, 0) is 9.59 Å². The normalized spacial score (nSPS) is 29.2. The lowest BCUT2D eigenvalue weighted by atomic mass is 9.90. The van der Waals surface area contributed by atoms with Crippen LogP contribution in [0.2, 0.25) is 0 Å². The molecule has 100 valence electrons. The quantitative estimate of drug-likeness (QED) is 0.709. The summed E-state index contributed by atoms with van der Waals surface area (Å²) >= 11 is 1.35. The number of hydrogen-bond donors (Lipinski definition) is 1. The summed E-state index contributed by atoms with van der Waals surface area (Å²) in [5.41, 5.74) is -0.389. The molecule has 2 heterocycles. The summed E-state index contributed by atoms with van der Waals surface area (Å²) < 4.78 is 0. The van der Waals surface area contributed by atoms with Crippen molar-refractivity contribution in [2.45, 2.75) is 39.2 Å². The molecule has 1 fully saturated rings. The van der Waals surface area contributed by atoms with Gasteiger partial charge in [-0.05, 0) is 12.3 Å². The Balaban J connectivity index is 2.39. The van der Waals surface area contributed by atoms with Gasteiger partial charge in [-0.2, -0.15) is 0 Å². The average Bonchev–Trinajstić information content (AvgIpc) is 2.51. The predicted octanol–water partition coefficient (Wildman–Crippen LogP) is -0.0939. The lowest BCUT2D eigenvalue weighted by molar-refractivity contribution is -0.301. The lowest BCUT2D eigenvalue weighted by Gasteiger charge is -2.44. The zero-order chi connectivity index (χ0) is 13.8. The third-order valence-electron chi connectivity index (χ3n) is 3.17. The monoisotopic (exact) mass is 270 g/mol. The molecule has 0 aromatic heterocycles. The first-order valence-electron chi connectivity index (χ1n) is 5.80. The Bertz CT molecular complexity index is 449. The van der Waals surface area contributed by atoms with Crippen LogP contribution < -0.4 is 5.11 Å². The molecule has 0 bridgehead atoms. The van der Waals surface area contributed by atoms with Gasteiger partial charge >= 0.3 is 0 Å². The molecule has 0 radical (unpaired) electrons. The standard InChI is InChI=1S/C12H17NO4S/c1-5(14)6-9(15)13-7(11(16)17)8(12(2,3)4)18-10(6)13/h5-6,10,14H,1-4H3,(H,16,17)/p-1/t5-,6+,10-/m1/s1. The maximum Gasteiger partial charge on any atom is 0.236 e. The second-order valence-corrected chi connectivity index (χ2v) is 6.83. The molecule has 5 nitrogen and oxygen atoms in total. The van der Waals surface area contributed by atoms with Crippen LogP contribution in [0.15, 0.2) is 10.6 Å². The Kier molecular flexibility index (Phi) is 2.98. The molecule has 1 N–H and O–H groups in total. The van der Waals surface area contributed by atoms with E-state index >= 15 is 0 Å². The number of carbonyl (C=O) groups is 2. The Morgan fingerprint density at radius 1 is 1.50 bits per heavy atom. The van der Waals surface area contributed by atoms with E-state index in [-0.39, 0.29) is 22.4 Å². The minimum atomic E-state index is -1.33. The van der Waals surface area contributed by atoms with Crippen molar-refractivity contribution in [2.24, 2.45) is 11.3 Å². The number of β-lactam (4-membered cyclic amide) rings is 1. The summed E-state index contributed by atoms with van der Waals surface area (Å²) in [7, 11) is 0. The van der Waals surface area contributed by atoms with E-state index in [1.807, 2.05) is 20.8 Å². The topological polar surface area (TPSA) is 80.7 Å². The molecular formula is C12H16NO4S-. The minimum Gasteiger partial charge on any atom is -0.543 e. The summed E-state index contributed by atoms with van der Waals surface area (Å²) in [4.78, 5) is 25.0. The Labute approximate surface area is 110 Å². The maximum absolute atomic E-state index is 11.9. The molecule has 2 aliphatic rings. The number of carboxylic acids is 1. The number of rotatable bonds is 2. The van der Waals surface area contributed by atoms with Crippen molar-refractivity contribution in [1.82, 2.24) is 4.90 Å². The van der Waals surface area contributed by atoms with Crippen molar-refractivity contribution in [3.8, 4) is 0 Å². The van der Waals surface area contributed by atoms with Gasteiger partial charge in [0, 0.05) is 4.91 Å². The third kappa shape index (κ3) is 1.75. The van der Waals surface area contributed by atoms with Gasteiger partial charge in [-0.3, -0.25) is 9.69 Å². The Hall–Kier alpha value is -1.01. The molecule has 0 unspecified atom stereocenters. The number of nitrogens with zero attached hydrogens (tertiary/aromatic N) is 1. The molecule has 2 aliphatic heterocycles. The highest BCUT2D eigenvalue weighted by Gasteiger charge is 2.57. The van der Waals surface area contributed by atoms with E-state index in [9.17, 15) is 19.8 Å². The molecule has 2 rings (SSSR count). The SMILES string of the molecule is C[C@@H](O)[C@H]1C(=O)N2C(C(=O)[O-])=C(C(C)(C)C)S[C@H]12. The number of amides is 1. The number of hydrogen-bond acceptors (Lipinski definition) is 5. The summed E-state index contributed by atoms with van der Waals surface area (Å²) in [6, 6.07) is 0. The second-order valence-electron chi connectivity index (χ2n) is 5.70. The molecular weight excluding hydrogens is 254 g/mol. The van der Waals surface area contributed by atoms with Crippen LogP contribution in [0.3, 0.4) is 0 Å². The highest BCUT2D eigenvalue weighted by Crippen LogP contribution is 2.54. The van der Waals surface area contributed by atoms with Crippen molar-refractivity contribution in [2.75, 3.05) is 0 Å². The van der Waals surface area contributed by atoms with E-state index in [2.05, 4.69) is 0 Å². The fraction of sp³-hybridized carbons (Fsp3) is 0.667. The number of aliphatic hydroxyl groups is 1. The zero-order valence-corrected chi connectivity index (χ0v) is 11.6. The summed E-state index contributed by atoms with van der Waals surface area (Å²) in [6.45, 7) is 7.23. The van der Waals surface area contributed by atoms with Gasteiger partial charge in [0.15, 0.2) is 0 Å². The smallest absolute Gasteiger partial charge is 0.236 e. The van der Waals surface area contributed by atoms with Gasteiger partial charge in [0.05, 0.1) is 23.7 Å². The van der Waals surface area contributed by atoms with Gasteiger partial charge in [-0.1, -0.05) is 20.8 Å². The van der Waals surface area contributed by atoms with Crippen molar-refractivity contribution < 1.29 is 19.8 Å². The zero-order valence-electron chi connectivity index (χ0n) is 10.8. The second kappa shape index (κ2) is 3.99. The van der Waals surface area contributed by atoms with Gasteiger partial charge in [0.2, 0.25) is 5.91 Å². The number of carboxylic acid groups (broad SMARTS) is 1.